The number of hydrogen-bond acceptors (Lipinski definition) is 3. The number of rotatable bonds is 7. The molecule has 2 aromatic rings. The number of thiophene rings is 1. The lowest BCUT2D eigenvalue weighted by molar-refractivity contribution is 0.414. The number of benzene rings is 1. The molecular formula is C17H23BrIN3OS. The maximum Gasteiger partial charge on any atom is 0.190 e. The van der Waals surface area contributed by atoms with Gasteiger partial charge >= 0.3 is 0 Å². The first-order valence-electron chi connectivity index (χ1n) is 7.53. The summed E-state index contributed by atoms with van der Waals surface area (Å²) in [5, 5.41) is 6.68. The zero-order chi connectivity index (χ0) is 16.5. The Hall–Kier alpha value is -0.800. The fourth-order valence-electron chi connectivity index (χ4n) is 2.13. The Morgan fingerprint density at radius 2 is 1.75 bits per heavy atom. The van der Waals surface area contributed by atoms with Gasteiger partial charge in [-0.3, -0.25) is 4.99 Å². The predicted octanol–water partition coefficient (Wildman–Crippen LogP) is 4.09. The molecule has 1 aromatic heterocycles. The molecule has 2 rings (SSSR count). The van der Waals surface area contributed by atoms with E-state index in [4.69, 9.17) is 4.74 Å². The summed E-state index contributed by atoms with van der Waals surface area (Å²) in [7, 11) is 3.48. The van der Waals surface area contributed by atoms with Crippen molar-refractivity contribution in [3.8, 4) is 5.75 Å². The van der Waals surface area contributed by atoms with Crippen molar-refractivity contribution < 1.29 is 4.74 Å². The molecule has 1 aromatic carbocycles. The van der Waals surface area contributed by atoms with Gasteiger partial charge in [-0.05, 0) is 58.6 Å². The van der Waals surface area contributed by atoms with Crippen molar-refractivity contribution in [3.05, 3.63) is 50.6 Å². The lowest BCUT2D eigenvalue weighted by Gasteiger charge is -2.11. The van der Waals surface area contributed by atoms with E-state index in [1.807, 2.05) is 12.1 Å². The average molecular weight is 524 g/mol. The van der Waals surface area contributed by atoms with E-state index in [1.54, 1.807) is 25.5 Å². The van der Waals surface area contributed by atoms with Crippen molar-refractivity contribution in [2.45, 2.75) is 12.8 Å². The highest BCUT2D eigenvalue weighted by atomic mass is 127. The summed E-state index contributed by atoms with van der Waals surface area (Å²) in [6.45, 7) is 1.71. The molecule has 0 fully saturated rings. The maximum atomic E-state index is 5.16. The summed E-state index contributed by atoms with van der Waals surface area (Å²) < 4.78 is 6.34. The molecule has 0 aliphatic rings. The van der Waals surface area contributed by atoms with Gasteiger partial charge < -0.3 is 15.4 Å². The Kier molecular flexibility index (Phi) is 10.4. The monoisotopic (exact) mass is 523 g/mol. The van der Waals surface area contributed by atoms with Crippen LogP contribution in [0.25, 0.3) is 0 Å². The standard InChI is InChI=1S/C17H22BrN3OS.HI/c1-19-17(21-12-10-15-7-8-16(18)23-15)20-11-9-13-3-5-14(22-2)6-4-13;/h3-8H,9-12H2,1-2H3,(H2,19,20,21);1H. The molecule has 0 radical (unpaired) electrons. The smallest absolute Gasteiger partial charge is 0.190 e. The topological polar surface area (TPSA) is 45.7 Å². The van der Waals surface area contributed by atoms with Crippen molar-refractivity contribution in [1.82, 2.24) is 10.6 Å². The number of halogens is 2. The molecule has 0 aliphatic heterocycles. The molecule has 7 heteroatoms. The molecule has 0 aliphatic carbocycles. The minimum atomic E-state index is 0. The molecule has 1 heterocycles. The number of methoxy groups -OCH3 is 1. The first-order valence-corrected chi connectivity index (χ1v) is 9.14. The third-order valence-corrected chi connectivity index (χ3v) is 5.06. The summed E-state index contributed by atoms with van der Waals surface area (Å²) in [5.41, 5.74) is 1.28. The van der Waals surface area contributed by atoms with Crippen molar-refractivity contribution in [3.63, 3.8) is 0 Å². The number of nitrogens with zero attached hydrogens (tertiary/aromatic N) is 1. The Bertz CT molecular complexity index is 631. The molecule has 0 saturated carbocycles. The quantitative estimate of drug-likeness (QED) is 0.326. The number of ether oxygens (including phenoxy) is 1. The second-order valence-corrected chi connectivity index (χ2v) is 7.53. The van der Waals surface area contributed by atoms with Crippen LogP contribution in [0.3, 0.4) is 0 Å². The van der Waals surface area contributed by atoms with Gasteiger partial charge in [0.2, 0.25) is 0 Å². The van der Waals surface area contributed by atoms with E-state index in [2.05, 4.69) is 55.8 Å². The molecule has 4 nitrogen and oxygen atoms in total. The van der Waals surface area contributed by atoms with E-state index in [0.29, 0.717) is 0 Å². The molecule has 0 saturated heterocycles. The van der Waals surface area contributed by atoms with Crippen molar-refractivity contribution >= 4 is 57.2 Å². The van der Waals surface area contributed by atoms with Crippen molar-refractivity contribution in [1.29, 1.82) is 0 Å². The van der Waals surface area contributed by atoms with E-state index >= 15 is 0 Å². The Morgan fingerprint density at radius 3 is 2.29 bits per heavy atom. The van der Waals surface area contributed by atoms with Crippen LogP contribution < -0.4 is 15.4 Å². The lowest BCUT2D eigenvalue weighted by Crippen LogP contribution is -2.39. The highest BCUT2D eigenvalue weighted by molar-refractivity contribution is 14.0. The van der Waals surface area contributed by atoms with E-state index in [9.17, 15) is 0 Å². The molecule has 0 amide bonds. The van der Waals surface area contributed by atoms with Crippen LogP contribution in [0.4, 0.5) is 0 Å². The first kappa shape index (κ1) is 21.2. The van der Waals surface area contributed by atoms with Gasteiger partial charge in [0.1, 0.15) is 5.75 Å². The number of hydrogen-bond donors (Lipinski definition) is 2. The van der Waals surface area contributed by atoms with Gasteiger partial charge in [0.25, 0.3) is 0 Å². The van der Waals surface area contributed by atoms with Crippen LogP contribution in [0, 0.1) is 0 Å². The van der Waals surface area contributed by atoms with Crippen LogP contribution in [0.5, 0.6) is 5.75 Å². The third kappa shape index (κ3) is 7.40. The molecule has 0 bridgehead atoms. The molecule has 24 heavy (non-hydrogen) atoms. The second-order valence-electron chi connectivity index (χ2n) is 4.98. The number of guanidine groups is 1. The summed E-state index contributed by atoms with van der Waals surface area (Å²) in [6, 6.07) is 12.4. The Morgan fingerprint density at radius 1 is 1.08 bits per heavy atom. The fourth-order valence-corrected chi connectivity index (χ4v) is 3.61. The zero-order valence-corrected chi connectivity index (χ0v) is 18.6. The summed E-state index contributed by atoms with van der Waals surface area (Å²) in [6.07, 6.45) is 1.94. The van der Waals surface area contributed by atoms with E-state index < -0.39 is 0 Å². The summed E-state index contributed by atoms with van der Waals surface area (Å²) in [5.74, 6) is 1.73. The lowest BCUT2D eigenvalue weighted by atomic mass is 10.1. The zero-order valence-electron chi connectivity index (χ0n) is 13.8. The minimum absolute atomic E-state index is 0. The highest BCUT2D eigenvalue weighted by Crippen LogP contribution is 2.22. The van der Waals surface area contributed by atoms with Gasteiger partial charge in [0.05, 0.1) is 10.9 Å². The largest absolute Gasteiger partial charge is 0.497 e. The number of nitrogens with one attached hydrogen (secondary N) is 2. The average Bonchev–Trinajstić information content (AvgIpc) is 2.99. The van der Waals surface area contributed by atoms with Crippen LogP contribution >= 0.6 is 51.2 Å². The fraction of sp³-hybridized carbons (Fsp3) is 0.353. The van der Waals surface area contributed by atoms with Gasteiger partial charge in [-0.25, -0.2) is 0 Å². The number of aliphatic imine (C=N–C) groups is 1. The van der Waals surface area contributed by atoms with Crippen LogP contribution in [-0.2, 0) is 12.8 Å². The molecule has 0 atom stereocenters. The first-order chi connectivity index (χ1) is 11.2. The summed E-state index contributed by atoms with van der Waals surface area (Å²) >= 11 is 5.26. The van der Waals surface area contributed by atoms with Crippen LogP contribution in [0.15, 0.2) is 45.2 Å². The SMILES string of the molecule is CN=C(NCCc1ccc(OC)cc1)NCCc1ccc(Br)s1.I. The van der Waals surface area contributed by atoms with Gasteiger partial charge in [-0.15, -0.1) is 35.3 Å². The molecule has 132 valence electrons. The maximum absolute atomic E-state index is 5.16. The van der Waals surface area contributed by atoms with E-state index in [-0.39, 0.29) is 24.0 Å². The Labute approximate surface area is 173 Å². The van der Waals surface area contributed by atoms with Crippen LogP contribution in [-0.4, -0.2) is 33.2 Å². The van der Waals surface area contributed by atoms with E-state index in [0.717, 1.165) is 37.6 Å². The normalized spacial score (nSPS) is 10.9. The molecular weight excluding hydrogens is 501 g/mol. The molecule has 0 unspecified atom stereocenters. The van der Waals surface area contributed by atoms with Gasteiger partial charge in [0.15, 0.2) is 5.96 Å². The summed E-state index contributed by atoms with van der Waals surface area (Å²) in [4.78, 5) is 5.61. The Balaban J connectivity index is 0.00000288. The second kappa shape index (κ2) is 11.7. The predicted molar refractivity (Wildman–Crippen MR) is 117 cm³/mol. The van der Waals surface area contributed by atoms with Crippen LogP contribution in [0.2, 0.25) is 0 Å². The highest BCUT2D eigenvalue weighted by Gasteiger charge is 2.01. The van der Waals surface area contributed by atoms with Gasteiger partial charge in [0, 0.05) is 25.0 Å². The van der Waals surface area contributed by atoms with Gasteiger partial charge in [-0.2, -0.15) is 0 Å². The van der Waals surface area contributed by atoms with Crippen molar-refractivity contribution in [2.75, 3.05) is 27.2 Å². The van der Waals surface area contributed by atoms with E-state index in [1.165, 1.54) is 14.2 Å². The van der Waals surface area contributed by atoms with Gasteiger partial charge in [-0.1, -0.05) is 12.1 Å². The minimum Gasteiger partial charge on any atom is -0.497 e. The molecule has 0 spiro atoms. The van der Waals surface area contributed by atoms with Crippen molar-refractivity contribution in [2.24, 2.45) is 4.99 Å². The third-order valence-electron chi connectivity index (χ3n) is 3.38. The van der Waals surface area contributed by atoms with Crippen LogP contribution in [0.1, 0.15) is 10.4 Å². The molecule has 2 N–H and O–H groups in total.